The van der Waals surface area contributed by atoms with Crippen molar-refractivity contribution in [1.29, 1.82) is 0 Å². The minimum atomic E-state index is -0.844. The summed E-state index contributed by atoms with van der Waals surface area (Å²) in [5, 5.41) is 12.7. The molecule has 1 aromatic rings. The van der Waals surface area contributed by atoms with Crippen molar-refractivity contribution in [3.63, 3.8) is 0 Å². The Labute approximate surface area is 84.0 Å². The Morgan fingerprint density at radius 2 is 2.20 bits per heavy atom. The number of nitrogens with two attached hydrogens (primary N) is 1. The van der Waals surface area contributed by atoms with Crippen LogP contribution in [0.2, 0.25) is 0 Å². The molecule has 0 aliphatic rings. The van der Waals surface area contributed by atoms with Crippen molar-refractivity contribution in [3.8, 4) is 0 Å². The van der Waals surface area contributed by atoms with Gasteiger partial charge in [-0.3, -0.25) is 19.7 Å². The van der Waals surface area contributed by atoms with Crippen LogP contribution in [-0.2, 0) is 4.79 Å². The number of nitrogens with one attached hydrogen (secondary N) is 1. The fraction of sp³-hybridized carbons (Fsp3) is 0. The third-order valence-electron chi connectivity index (χ3n) is 1.71. The highest BCUT2D eigenvalue weighted by molar-refractivity contribution is 6.02. The van der Waals surface area contributed by atoms with Crippen molar-refractivity contribution in [1.82, 2.24) is 0 Å². The summed E-state index contributed by atoms with van der Waals surface area (Å²) in [4.78, 5) is 31.0. The maximum Gasteiger partial charge on any atom is 0.293 e. The molecule has 15 heavy (non-hydrogen) atoms. The molecule has 7 nitrogen and oxygen atoms in total. The summed E-state index contributed by atoms with van der Waals surface area (Å²) in [7, 11) is 0. The number of hydrogen-bond acceptors (Lipinski definition) is 4. The molecule has 3 N–H and O–H groups in total. The quantitative estimate of drug-likeness (QED) is 0.420. The predicted octanol–water partition coefficient (Wildman–Crippen LogP) is 0.262. The summed E-state index contributed by atoms with van der Waals surface area (Å²) in [5.41, 5.74) is 4.33. The average Bonchev–Trinajstić information content (AvgIpc) is 2.17. The van der Waals surface area contributed by atoms with Crippen LogP contribution in [0.1, 0.15) is 10.4 Å². The lowest BCUT2D eigenvalue weighted by molar-refractivity contribution is -0.383. The van der Waals surface area contributed by atoms with Gasteiger partial charge in [-0.2, -0.15) is 0 Å². The highest BCUT2D eigenvalue weighted by Crippen LogP contribution is 2.27. The van der Waals surface area contributed by atoms with Gasteiger partial charge in [0.25, 0.3) is 11.6 Å². The molecular weight excluding hydrogens is 202 g/mol. The largest absolute Gasteiger partial charge is 0.366 e. The first-order chi connectivity index (χ1) is 7.07. The zero-order chi connectivity index (χ0) is 11.4. The number of primary amides is 1. The van der Waals surface area contributed by atoms with Gasteiger partial charge in [0, 0.05) is 6.07 Å². The van der Waals surface area contributed by atoms with Gasteiger partial charge in [0.1, 0.15) is 5.69 Å². The minimum Gasteiger partial charge on any atom is -0.366 e. The van der Waals surface area contributed by atoms with Crippen LogP contribution in [0.15, 0.2) is 18.2 Å². The van der Waals surface area contributed by atoms with E-state index in [-0.39, 0.29) is 23.3 Å². The number of nitro benzene ring substituents is 1. The lowest BCUT2D eigenvalue weighted by atomic mass is 10.1. The number of nitro groups is 1. The number of carbonyl (C=O) groups excluding carboxylic acids is 2. The molecular formula is C8H7N3O4. The molecule has 0 saturated heterocycles. The van der Waals surface area contributed by atoms with Crippen molar-refractivity contribution < 1.29 is 14.5 Å². The van der Waals surface area contributed by atoms with Gasteiger partial charge in [-0.1, -0.05) is 6.07 Å². The van der Waals surface area contributed by atoms with Crippen LogP contribution in [-0.4, -0.2) is 17.2 Å². The van der Waals surface area contributed by atoms with Gasteiger partial charge in [-0.25, -0.2) is 0 Å². The van der Waals surface area contributed by atoms with Crippen molar-refractivity contribution in [2.24, 2.45) is 5.73 Å². The Bertz CT molecular complexity index is 398. The number of anilines is 1. The van der Waals surface area contributed by atoms with E-state index in [0.29, 0.717) is 0 Å². The highest BCUT2D eigenvalue weighted by atomic mass is 16.6. The molecule has 0 saturated carbocycles. The maximum absolute atomic E-state index is 10.9. The average molecular weight is 209 g/mol. The summed E-state index contributed by atoms with van der Waals surface area (Å²) in [5.74, 6) is -0.844. The van der Waals surface area contributed by atoms with Crippen LogP contribution in [0.25, 0.3) is 0 Å². The Morgan fingerprint density at radius 1 is 1.53 bits per heavy atom. The Morgan fingerprint density at radius 3 is 2.67 bits per heavy atom. The lowest BCUT2D eigenvalue weighted by Gasteiger charge is -2.04. The molecule has 78 valence electrons. The summed E-state index contributed by atoms with van der Waals surface area (Å²) < 4.78 is 0. The Hall–Kier alpha value is -2.44. The first-order valence-corrected chi connectivity index (χ1v) is 3.85. The first-order valence-electron chi connectivity index (χ1n) is 3.85. The molecule has 7 heteroatoms. The molecule has 0 aliphatic heterocycles. The van der Waals surface area contributed by atoms with E-state index in [1.165, 1.54) is 12.1 Å². The third-order valence-corrected chi connectivity index (χ3v) is 1.71. The molecule has 1 aromatic carbocycles. The topological polar surface area (TPSA) is 115 Å². The number of carbonyl (C=O) groups is 2. The van der Waals surface area contributed by atoms with Gasteiger partial charge >= 0.3 is 0 Å². The van der Waals surface area contributed by atoms with Gasteiger partial charge in [-0.15, -0.1) is 0 Å². The Balaban J connectivity index is 3.40. The fourth-order valence-corrected chi connectivity index (χ4v) is 1.11. The van der Waals surface area contributed by atoms with Gasteiger partial charge in [-0.05, 0) is 6.07 Å². The molecule has 0 fully saturated rings. The van der Waals surface area contributed by atoms with E-state index in [1.54, 1.807) is 0 Å². The smallest absolute Gasteiger partial charge is 0.293 e. The standard InChI is InChI=1S/C8H7N3O4/c9-8(13)5-2-1-3-6(11(14)15)7(5)10-4-12/h1-4H,(H2,9,13)(H,10,12). The van der Waals surface area contributed by atoms with E-state index in [0.717, 1.165) is 6.07 Å². The number of para-hydroxylation sites is 1. The van der Waals surface area contributed by atoms with Crippen LogP contribution in [0, 0.1) is 10.1 Å². The second kappa shape index (κ2) is 4.18. The van der Waals surface area contributed by atoms with Crippen LogP contribution in [0.4, 0.5) is 11.4 Å². The van der Waals surface area contributed by atoms with Crippen LogP contribution in [0.5, 0.6) is 0 Å². The van der Waals surface area contributed by atoms with E-state index in [1.807, 2.05) is 0 Å². The molecule has 0 atom stereocenters. The highest BCUT2D eigenvalue weighted by Gasteiger charge is 2.19. The number of nitrogens with zero attached hydrogens (tertiary/aromatic N) is 1. The normalized spacial score (nSPS) is 9.33. The van der Waals surface area contributed by atoms with Gasteiger partial charge in [0.05, 0.1) is 10.5 Å². The van der Waals surface area contributed by atoms with E-state index >= 15 is 0 Å². The lowest BCUT2D eigenvalue weighted by Crippen LogP contribution is -2.15. The van der Waals surface area contributed by atoms with Crippen LogP contribution >= 0.6 is 0 Å². The number of benzene rings is 1. The van der Waals surface area contributed by atoms with E-state index in [4.69, 9.17) is 5.73 Å². The molecule has 1 rings (SSSR count). The SMILES string of the molecule is NC(=O)c1cccc([N+](=O)[O-])c1NC=O. The van der Waals surface area contributed by atoms with Crippen molar-refractivity contribution >= 4 is 23.7 Å². The maximum atomic E-state index is 10.9. The van der Waals surface area contributed by atoms with Crippen molar-refractivity contribution in [2.45, 2.75) is 0 Å². The second-order valence-corrected chi connectivity index (χ2v) is 2.58. The molecule has 0 unspecified atom stereocenters. The molecule has 0 radical (unpaired) electrons. The van der Waals surface area contributed by atoms with Gasteiger partial charge in [0.15, 0.2) is 0 Å². The second-order valence-electron chi connectivity index (χ2n) is 2.58. The fourth-order valence-electron chi connectivity index (χ4n) is 1.11. The molecule has 0 aliphatic carbocycles. The summed E-state index contributed by atoms with van der Waals surface area (Å²) in [6, 6.07) is 3.77. The van der Waals surface area contributed by atoms with Crippen molar-refractivity contribution in [3.05, 3.63) is 33.9 Å². The third kappa shape index (κ3) is 2.08. The molecule has 0 spiro atoms. The number of hydrogen-bond donors (Lipinski definition) is 2. The molecule has 2 amide bonds. The summed E-state index contributed by atoms with van der Waals surface area (Å²) >= 11 is 0. The minimum absolute atomic E-state index is 0.101. The van der Waals surface area contributed by atoms with Crippen molar-refractivity contribution in [2.75, 3.05) is 5.32 Å². The van der Waals surface area contributed by atoms with Crippen LogP contribution < -0.4 is 11.1 Å². The van der Waals surface area contributed by atoms with Gasteiger partial charge < -0.3 is 11.1 Å². The summed E-state index contributed by atoms with van der Waals surface area (Å²) in [6.45, 7) is 0. The zero-order valence-electron chi connectivity index (χ0n) is 7.47. The van der Waals surface area contributed by atoms with E-state index in [2.05, 4.69) is 5.32 Å². The Kier molecular flexibility index (Phi) is 2.97. The number of amides is 2. The monoisotopic (exact) mass is 209 g/mol. The van der Waals surface area contributed by atoms with Crippen LogP contribution in [0.3, 0.4) is 0 Å². The predicted molar refractivity (Wildman–Crippen MR) is 51.3 cm³/mol. The molecule has 0 bridgehead atoms. The number of rotatable bonds is 4. The summed E-state index contributed by atoms with van der Waals surface area (Å²) in [6.07, 6.45) is 0.245. The molecule has 0 aromatic heterocycles. The first kappa shape index (κ1) is 10.6. The van der Waals surface area contributed by atoms with E-state index in [9.17, 15) is 19.7 Å². The van der Waals surface area contributed by atoms with Gasteiger partial charge in [0.2, 0.25) is 6.41 Å². The molecule has 0 heterocycles. The zero-order valence-corrected chi connectivity index (χ0v) is 7.47. The van der Waals surface area contributed by atoms with E-state index < -0.39 is 10.8 Å².